The molecule has 0 bridgehead atoms. The molecule has 1 N–H and O–H groups in total. The van der Waals surface area contributed by atoms with Crippen molar-refractivity contribution in [3.05, 3.63) is 83.8 Å². The fourth-order valence-electron chi connectivity index (χ4n) is 3.59. The monoisotopic (exact) mass is 385 g/mol. The van der Waals surface area contributed by atoms with Gasteiger partial charge in [-0.25, -0.2) is 14.8 Å². The van der Waals surface area contributed by atoms with Gasteiger partial charge in [0, 0.05) is 12.6 Å². The average molecular weight is 385 g/mol. The van der Waals surface area contributed by atoms with Gasteiger partial charge >= 0.3 is 5.97 Å². The molecule has 4 rings (SSSR count). The number of aromatic carboxylic acids is 1. The van der Waals surface area contributed by atoms with E-state index in [1.54, 1.807) is 18.3 Å². The molecule has 0 saturated carbocycles. The Morgan fingerprint density at radius 3 is 2.59 bits per heavy atom. The number of nitrogens with zero attached hydrogens (tertiary/aromatic N) is 3. The van der Waals surface area contributed by atoms with Gasteiger partial charge in [-0.05, 0) is 41.3 Å². The Hall–Kier alpha value is -3.47. The third-order valence-corrected chi connectivity index (χ3v) is 5.10. The maximum absolute atomic E-state index is 11.5. The van der Waals surface area contributed by atoms with E-state index in [9.17, 15) is 9.90 Å². The lowest BCUT2D eigenvalue weighted by molar-refractivity contribution is 0.0697. The number of carboxylic acid groups (broad SMARTS) is 1. The molecular formula is C24H23N3O2. The van der Waals surface area contributed by atoms with E-state index in [0.29, 0.717) is 12.1 Å². The van der Waals surface area contributed by atoms with Crippen LogP contribution in [0.4, 0.5) is 0 Å². The van der Waals surface area contributed by atoms with Gasteiger partial charge in [0.25, 0.3) is 0 Å². The van der Waals surface area contributed by atoms with Gasteiger partial charge in [-0.15, -0.1) is 0 Å². The first-order chi connectivity index (χ1) is 14.2. The topological polar surface area (TPSA) is 68.0 Å². The molecule has 0 radical (unpaired) electrons. The van der Waals surface area contributed by atoms with Gasteiger partial charge in [0.05, 0.1) is 12.1 Å². The normalized spacial score (nSPS) is 11.1. The van der Waals surface area contributed by atoms with Crippen molar-refractivity contribution in [2.24, 2.45) is 0 Å². The maximum Gasteiger partial charge on any atom is 0.336 e. The number of fused-ring (bicyclic) bond motifs is 1. The predicted octanol–water partition coefficient (Wildman–Crippen LogP) is 5.19. The van der Waals surface area contributed by atoms with Crippen LogP contribution in [0.2, 0.25) is 0 Å². The highest BCUT2D eigenvalue weighted by molar-refractivity contribution is 5.96. The van der Waals surface area contributed by atoms with E-state index in [4.69, 9.17) is 4.98 Å². The number of aromatic nitrogens is 3. The summed E-state index contributed by atoms with van der Waals surface area (Å²) in [5.41, 5.74) is 4.89. The first-order valence-electron chi connectivity index (χ1n) is 9.89. The lowest BCUT2D eigenvalue weighted by Gasteiger charge is -2.10. The fraction of sp³-hybridized carbons (Fsp3) is 0.208. The molecule has 5 nitrogen and oxygen atoms in total. The zero-order chi connectivity index (χ0) is 20.2. The van der Waals surface area contributed by atoms with Crippen molar-refractivity contribution >= 4 is 17.1 Å². The van der Waals surface area contributed by atoms with Crippen molar-refractivity contribution in [2.75, 3.05) is 0 Å². The van der Waals surface area contributed by atoms with Crippen LogP contribution in [0.15, 0.2) is 66.9 Å². The lowest BCUT2D eigenvalue weighted by Crippen LogP contribution is -2.06. The van der Waals surface area contributed by atoms with E-state index < -0.39 is 5.97 Å². The SMILES string of the molecule is CCCCc1nc2cccnc2n1Cc1ccc(-c2ccccc2C(=O)O)cc1. The smallest absolute Gasteiger partial charge is 0.336 e. The molecule has 5 heteroatoms. The van der Waals surface area contributed by atoms with Crippen LogP contribution in [0.3, 0.4) is 0 Å². The van der Waals surface area contributed by atoms with Crippen molar-refractivity contribution in [1.29, 1.82) is 0 Å². The summed E-state index contributed by atoms with van der Waals surface area (Å²) >= 11 is 0. The molecule has 146 valence electrons. The van der Waals surface area contributed by atoms with Crippen LogP contribution in [0.1, 0.15) is 41.5 Å². The first kappa shape index (κ1) is 18.9. The quantitative estimate of drug-likeness (QED) is 0.475. The summed E-state index contributed by atoms with van der Waals surface area (Å²) in [6, 6.07) is 19.1. The van der Waals surface area contributed by atoms with Crippen LogP contribution >= 0.6 is 0 Å². The molecule has 0 aliphatic rings. The molecule has 0 fully saturated rings. The van der Waals surface area contributed by atoms with Gasteiger partial charge in [0.1, 0.15) is 11.3 Å². The fourth-order valence-corrected chi connectivity index (χ4v) is 3.59. The summed E-state index contributed by atoms with van der Waals surface area (Å²) in [6.45, 7) is 2.87. The molecule has 0 spiro atoms. The van der Waals surface area contributed by atoms with Crippen LogP contribution in [0, 0.1) is 0 Å². The van der Waals surface area contributed by atoms with Crippen molar-refractivity contribution in [3.63, 3.8) is 0 Å². The molecule has 0 aliphatic carbocycles. The second kappa shape index (κ2) is 8.27. The van der Waals surface area contributed by atoms with Gasteiger partial charge in [-0.1, -0.05) is 55.8 Å². The standard InChI is InChI=1S/C24H23N3O2/c1-2-3-10-22-26-21-9-6-15-25-23(21)27(22)16-17-11-13-18(14-12-17)19-7-4-5-8-20(19)24(28)29/h4-9,11-15H,2-3,10,16H2,1H3,(H,28,29). The molecule has 0 saturated heterocycles. The zero-order valence-corrected chi connectivity index (χ0v) is 16.4. The summed E-state index contributed by atoms with van der Waals surface area (Å²) < 4.78 is 2.19. The number of aryl methyl sites for hydroxylation is 1. The molecule has 0 amide bonds. The summed E-state index contributed by atoms with van der Waals surface area (Å²) in [6.07, 6.45) is 4.94. The Kier molecular flexibility index (Phi) is 5.38. The summed E-state index contributed by atoms with van der Waals surface area (Å²) in [4.78, 5) is 20.8. The van der Waals surface area contributed by atoms with Gasteiger partial charge < -0.3 is 9.67 Å². The molecular weight excluding hydrogens is 362 g/mol. The number of rotatable bonds is 7. The predicted molar refractivity (Wildman–Crippen MR) is 114 cm³/mol. The number of benzene rings is 2. The van der Waals surface area contributed by atoms with Crippen LogP contribution in [-0.2, 0) is 13.0 Å². The highest BCUT2D eigenvalue weighted by Crippen LogP contribution is 2.25. The number of carbonyl (C=O) groups is 1. The third-order valence-electron chi connectivity index (χ3n) is 5.10. The van der Waals surface area contributed by atoms with Gasteiger partial charge in [-0.3, -0.25) is 0 Å². The van der Waals surface area contributed by atoms with E-state index in [-0.39, 0.29) is 0 Å². The Labute approximate surface area is 169 Å². The molecule has 4 aromatic rings. The van der Waals surface area contributed by atoms with Gasteiger partial charge in [0.2, 0.25) is 0 Å². The van der Waals surface area contributed by atoms with E-state index in [1.165, 1.54) is 0 Å². The minimum atomic E-state index is -0.916. The van der Waals surface area contributed by atoms with E-state index in [0.717, 1.165) is 52.9 Å². The molecule has 2 aromatic heterocycles. The van der Waals surface area contributed by atoms with E-state index in [1.807, 2.05) is 48.5 Å². The molecule has 0 aliphatic heterocycles. The van der Waals surface area contributed by atoms with Crippen LogP contribution in [-0.4, -0.2) is 25.6 Å². The lowest BCUT2D eigenvalue weighted by atomic mass is 9.99. The number of hydrogen-bond acceptors (Lipinski definition) is 3. The highest BCUT2D eigenvalue weighted by atomic mass is 16.4. The Morgan fingerprint density at radius 1 is 1.03 bits per heavy atom. The summed E-state index contributed by atoms with van der Waals surface area (Å²) in [5, 5.41) is 9.44. The number of pyridine rings is 1. The van der Waals surface area contributed by atoms with Crippen LogP contribution in [0.25, 0.3) is 22.3 Å². The Morgan fingerprint density at radius 2 is 1.83 bits per heavy atom. The molecule has 29 heavy (non-hydrogen) atoms. The third kappa shape index (κ3) is 3.90. The Balaban J connectivity index is 1.66. The largest absolute Gasteiger partial charge is 0.478 e. The van der Waals surface area contributed by atoms with Gasteiger partial charge in [0.15, 0.2) is 5.65 Å². The zero-order valence-electron chi connectivity index (χ0n) is 16.4. The van der Waals surface area contributed by atoms with E-state index >= 15 is 0 Å². The number of carboxylic acids is 1. The number of hydrogen-bond donors (Lipinski definition) is 1. The van der Waals surface area contributed by atoms with Crippen LogP contribution < -0.4 is 0 Å². The number of unbranched alkanes of at least 4 members (excludes halogenated alkanes) is 1. The highest BCUT2D eigenvalue weighted by Gasteiger charge is 2.13. The van der Waals surface area contributed by atoms with Crippen LogP contribution in [0.5, 0.6) is 0 Å². The van der Waals surface area contributed by atoms with Gasteiger partial charge in [-0.2, -0.15) is 0 Å². The van der Waals surface area contributed by atoms with E-state index in [2.05, 4.69) is 16.5 Å². The minimum Gasteiger partial charge on any atom is -0.478 e. The molecule has 0 unspecified atom stereocenters. The van der Waals surface area contributed by atoms with Crippen molar-refractivity contribution in [1.82, 2.24) is 14.5 Å². The second-order valence-electron chi connectivity index (χ2n) is 7.11. The maximum atomic E-state index is 11.5. The molecule has 0 atom stereocenters. The number of imidazole rings is 1. The summed E-state index contributed by atoms with van der Waals surface area (Å²) in [5.74, 6) is 0.141. The first-order valence-corrected chi connectivity index (χ1v) is 9.89. The molecule has 2 aromatic carbocycles. The van der Waals surface area contributed by atoms with Crippen molar-refractivity contribution in [3.8, 4) is 11.1 Å². The Bertz CT molecular complexity index is 1150. The van der Waals surface area contributed by atoms with Crippen molar-refractivity contribution < 1.29 is 9.90 Å². The summed E-state index contributed by atoms with van der Waals surface area (Å²) in [7, 11) is 0. The minimum absolute atomic E-state index is 0.312. The van der Waals surface area contributed by atoms with Crippen molar-refractivity contribution in [2.45, 2.75) is 32.7 Å². The molecule has 2 heterocycles. The average Bonchev–Trinajstić information content (AvgIpc) is 3.10. The second-order valence-corrected chi connectivity index (χ2v) is 7.11.